The van der Waals surface area contributed by atoms with Crippen LogP contribution in [-0.2, 0) is 11.2 Å². The van der Waals surface area contributed by atoms with Crippen LogP contribution in [0.2, 0.25) is 0 Å². The van der Waals surface area contributed by atoms with E-state index in [0.29, 0.717) is 12.5 Å². The summed E-state index contributed by atoms with van der Waals surface area (Å²) in [5.41, 5.74) is 2.22. The van der Waals surface area contributed by atoms with Gasteiger partial charge in [0.05, 0.1) is 12.7 Å². The van der Waals surface area contributed by atoms with E-state index in [1.54, 1.807) is 0 Å². The average Bonchev–Trinajstić information content (AvgIpc) is 2.35. The van der Waals surface area contributed by atoms with E-state index in [-0.39, 0.29) is 6.10 Å². The molecule has 0 aromatic heterocycles. The summed E-state index contributed by atoms with van der Waals surface area (Å²) in [7, 11) is 0. The van der Waals surface area contributed by atoms with Crippen molar-refractivity contribution >= 4 is 0 Å². The highest BCUT2D eigenvalue weighted by atomic mass is 16.5. The quantitative estimate of drug-likeness (QED) is 0.821. The van der Waals surface area contributed by atoms with E-state index < -0.39 is 6.10 Å². The van der Waals surface area contributed by atoms with Crippen molar-refractivity contribution in [3.8, 4) is 0 Å². The molecule has 0 radical (unpaired) electrons. The van der Waals surface area contributed by atoms with Gasteiger partial charge in [-0.1, -0.05) is 45.0 Å². The average molecular weight is 236 g/mol. The fraction of sp³-hybridized carbons (Fsp3) is 0.600. The molecule has 2 heteroatoms. The second-order valence-corrected chi connectivity index (χ2v) is 4.89. The van der Waals surface area contributed by atoms with E-state index >= 15 is 0 Å². The van der Waals surface area contributed by atoms with Crippen molar-refractivity contribution in [2.24, 2.45) is 5.92 Å². The molecule has 1 N–H and O–H groups in total. The molecule has 0 bridgehead atoms. The Morgan fingerprint density at radius 3 is 2.18 bits per heavy atom. The molecule has 0 spiro atoms. The minimum atomic E-state index is -0.526. The van der Waals surface area contributed by atoms with E-state index in [9.17, 15) is 5.11 Å². The fourth-order valence-corrected chi connectivity index (χ4v) is 1.51. The van der Waals surface area contributed by atoms with E-state index in [1.165, 1.54) is 5.56 Å². The molecule has 0 heterocycles. The Labute approximate surface area is 105 Å². The van der Waals surface area contributed by atoms with Crippen LogP contribution >= 0.6 is 0 Å². The molecule has 0 fully saturated rings. The smallest absolute Gasteiger partial charge is 0.102 e. The van der Waals surface area contributed by atoms with E-state index in [1.807, 2.05) is 19.1 Å². The third kappa shape index (κ3) is 4.49. The summed E-state index contributed by atoms with van der Waals surface area (Å²) in [6.07, 6.45) is 0.679. The van der Waals surface area contributed by atoms with Gasteiger partial charge in [0.15, 0.2) is 0 Å². The number of aliphatic hydroxyl groups is 1. The van der Waals surface area contributed by atoms with Crippen LogP contribution < -0.4 is 0 Å². The zero-order chi connectivity index (χ0) is 12.8. The largest absolute Gasteiger partial charge is 0.386 e. The SMILES string of the molecule is CCc1ccc(C(O)COC(C)C(C)C)cc1. The zero-order valence-electron chi connectivity index (χ0n) is 11.3. The molecular formula is C15H24O2. The fourth-order valence-electron chi connectivity index (χ4n) is 1.51. The molecule has 0 saturated heterocycles. The van der Waals surface area contributed by atoms with Crippen LogP contribution in [0.25, 0.3) is 0 Å². The zero-order valence-corrected chi connectivity index (χ0v) is 11.3. The molecule has 0 aliphatic rings. The molecule has 0 saturated carbocycles. The number of rotatable bonds is 6. The number of benzene rings is 1. The monoisotopic (exact) mass is 236 g/mol. The van der Waals surface area contributed by atoms with E-state index in [0.717, 1.165) is 12.0 Å². The Morgan fingerprint density at radius 1 is 1.12 bits per heavy atom. The van der Waals surface area contributed by atoms with Crippen molar-refractivity contribution in [3.05, 3.63) is 35.4 Å². The van der Waals surface area contributed by atoms with Crippen LogP contribution in [0, 0.1) is 5.92 Å². The second kappa shape index (κ2) is 6.77. The molecule has 2 nitrogen and oxygen atoms in total. The van der Waals surface area contributed by atoms with Crippen molar-refractivity contribution in [3.63, 3.8) is 0 Å². The first-order valence-corrected chi connectivity index (χ1v) is 6.43. The third-order valence-corrected chi connectivity index (χ3v) is 3.23. The van der Waals surface area contributed by atoms with Gasteiger partial charge in [0, 0.05) is 0 Å². The van der Waals surface area contributed by atoms with Gasteiger partial charge < -0.3 is 9.84 Å². The van der Waals surface area contributed by atoms with Crippen molar-refractivity contribution in [1.82, 2.24) is 0 Å². The lowest BCUT2D eigenvalue weighted by Gasteiger charge is -2.19. The standard InChI is InChI=1S/C15H24O2/c1-5-13-6-8-14(9-7-13)15(16)10-17-12(4)11(2)3/h6-9,11-12,15-16H,5,10H2,1-4H3. The van der Waals surface area contributed by atoms with Gasteiger partial charge in [-0.05, 0) is 30.4 Å². The summed E-state index contributed by atoms with van der Waals surface area (Å²) in [5, 5.41) is 9.99. The molecule has 17 heavy (non-hydrogen) atoms. The Hall–Kier alpha value is -0.860. The molecule has 0 aliphatic heterocycles. The van der Waals surface area contributed by atoms with Gasteiger partial charge in [-0.3, -0.25) is 0 Å². The maximum atomic E-state index is 9.99. The lowest BCUT2D eigenvalue weighted by Crippen LogP contribution is -2.19. The highest BCUT2D eigenvalue weighted by molar-refractivity contribution is 5.24. The molecular weight excluding hydrogens is 212 g/mol. The highest BCUT2D eigenvalue weighted by Gasteiger charge is 2.12. The van der Waals surface area contributed by atoms with E-state index in [2.05, 4.69) is 32.9 Å². The predicted octanol–water partition coefficient (Wildman–Crippen LogP) is 3.34. The summed E-state index contributed by atoms with van der Waals surface area (Å²) >= 11 is 0. The number of aliphatic hydroxyl groups excluding tert-OH is 1. The first kappa shape index (κ1) is 14.2. The third-order valence-electron chi connectivity index (χ3n) is 3.23. The van der Waals surface area contributed by atoms with Crippen LogP contribution in [0.3, 0.4) is 0 Å². The minimum absolute atomic E-state index is 0.180. The summed E-state index contributed by atoms with van der Waals surface area (Å²) in [6.45, 7) is 8.77. The first-order chi connectivity index (χ1) is 8.04. The topological polar surface area (TPSA) is 29.5 Å². The minimum Gasteiger partial charge on any atom is -0.386 e. The molecule has 96 valence electrons. The van der Waals surface area contributed by atoms with Crippen LogP contribution in [0.5, 0.6) is 0 Å². The van der Waals surface area contributed by atoms with Gasteiger partial charge in [0.1, 0.15) is 6.10 Å². The van der Waals surface area contributed by atoms with Crippen LogP contribution in [-0.4, -0.2) is 17.8 Å². The summed E-state index contributed by atoms with van der Waals surface area (Å²) in [4.78, 5) is 0. The summed E-state index contributed by atoms with van der Waals surface area (Å²) in [5.74, 6) is 0.477. The lowest BCUT2D eigenvalue weighted by molar-refractivity contribution is -0.0206. The molecule has 2 atom stereocenters. The van der Waals surface area contributed by atoms with Gasteiger partial charge in [0.2, 0.25) is 0 Å². The van der Waals surface area contributed by atoms with Crippen LogP contribution in [0.15, 0.2) is 24.3 Å². The van der Waals surface area contributed by atoms with Gasteiger partial charge in [0.25, 0.3) is 0 Å². The first-order valence-electron chi connectivity index (χ1n) is 6.43. The van der Waals surface area contributed by atoms with Gasteiger partial charge in [-0.25, -0.2) is 0 Å². The van der Waals surface area contributed by atoms with Crippen LogP contribution in [0.1, 0.15) is 44.9 Å². The molecule has 1 aromatic carbocycles. The molecule has 0 amide bonds. The van der Waals surface area contributed by atoms with Crippen molar-refractivity contribution in [1.29, 1.82) is 0 Å². The predicted molar refractivity (Wildman–Crippen MR) is 71.0 cm³/mol. The Bertz CT molecular complexity index is 316. The van der Waals surface area contributed by atoms with Gasteiger partial charge in [-0.15, -0.1) is 0 Å². The van der Waals surface area contributed by atoms with Crippen molar-refractivity contribution in [2.45, 2.75) is 46.3 Å². The number of ether oxygens (including phenoxy) is 1. The van der Waals surface area contributed by atoms with E-state index in [4.69, 9.17) is 4.74 Å². The van der Waals surface area contributed by atoms with Crippen molar-refractivity contribution in [2.75, 3.05) is 6.61 Å². The molecule has 0 aliphatic carbocycles. The normalized spacial score (nSPS) is 14.9. The molecule has 1 rings (SSSR count). The Kier molecular flexibility index (Phi) is 5.66. The molecule has 1 aromatic rings. The molecule has 2 unspecified atom stereocenters. The number of aryl methyl sites for hydroxylation is 1. The second-order valence-electron chi connectivity index (χ2n) is 4.89. The maximum Gasteiger partial charge on any atom is 0.102 e. The van der Waals surface area contributed by atoms with Gasteiger partial charge in [-0.2, -0.15) is 0 Å². The summed E-state index contributed by atoms with van der Waals surface area (Å²) < 4.78 is 5.63. The van der Waals surface area contributed by atoms with Crippen LogP contribution in [0.4, 0.5) is 0 Å². The maximum absolute atomic E-state index is 9.99. The Morgan fingerprint density at radius 2 is 1.71 bits per heavy atom. The van der Waals surface area contributed by atoms with Gasteiger partial charge >= 0.3 is 0 Å². The summed E-state index contributed by atoms with van der Waals surface area (Å²) in [6, 6.07) is 8.08. The Balaban J connectivity index is 2.48. The number of hydrogen-bond acceptors (Lipinski definition) is 2. The van der Waals surface area contributed by atoms with Crippen molar-refractivity contribution < 1.29 is 9.84 Å². The number of hydrogen-bond donors (Lipinski definition) is 1. The highest BCUT2D eigenvalue weighted by Crippen LogP contribution is 2.16. The lowest BCUT2D eigenvalue weighted by atomic mass is 10.1.